The maximum absolute atomic E-state index is 11.9. The van der Waals surface area contributed by atoms with Gasteiger partial charge in [0.25, 0.3) is 0 Å². The third-order valence-corrected chi connectivity index (χ3v) is 3.92. The Labute approximate surface area is 120 Å². The number of hydrogen-bond donors (Lipinski definition) is 2. The topological polar surface area (TPSA) is 52.6 Å². The number of carbonyl (C=O) groups excluding carboxylic acids is 1. The van der Waals surface area contributed by atoms with Crippen LogP contribution in [0.5, 0.6) is 0 Å². The van der Waals surface area contributed by atoms with Crippen LogP contribution >= 0.6 is 0 Å². The third kappa shape index (κ3) is 4.32. The largest absolute Gasteiger partial charge is 0.393 e. The molecule has 1 amide bonds. The van der Waals surface area contributed by atoms with E-state index < -0.39 is 0 Å². The second-order valence-electron chi connectivity index (χ2n) is 5.83. The summed E-state index contributed by atoms with van der Waals surface area (Å²) in [6, 6.07) is 8.17. The average molecular weight is 276 g/mol. The smallest absolute Gasteiger partial charge is 0.234 e. The number of piperidine rings is 1. The molecule has 0 saturated carbocycles. The van der Waals surface area contributed by atoms with E-state index in [2.05, 4.69) is 22.3 Å². The number of aryl methyl sites for hydroxylation is 1. The van der Waals surface area contributed by atoms with Crippen molar-refractivity contribution in [2.45, 2.75) is 32.9 Å². The van der Waals surface area contributed by atoms with Crippen molar-refractivity contribution in [3.63, 3.8) is 0 Å². The van der Waals surface area contributed by atoms with Crippen LogP contribution in [0.1, 0.15) is 24.5 Å². The zero-order chi connectivity index (χ0) is 14.5. The van der Waals surface area contributed by atoms with Crippen LogP contribution in [-0.4, -0.2) is 41.7 Å². The molecule has 1 aromatic rings. The molecular weight excluding hydrogens is 252 g/mol. The van der Waals surface area contributed by atoms with Crippen molar-refractivity contribution in [2.24, 2.45) is 5.92 Å². The number of carbonyl (C=O) groups is 1. The van der Waals surface area contributed by atoms with Crippen molar-refractivity contribution >= 4 is 5.91 Å². The molecule has 2 unspecified atom stereocenters. The standard InChI is InChI=1S/C16H24N2O2/c1-12-3-5-14(6-4-12)9-17-16(20)11-18-8-7-15(19)13(2)10-18/h3-6,13,15,19H,7-11H2,1-2H3,(H,17,20). The monoisotopic (exact) mass is 276 g/mol. The van der Waals surface area contributed by atoms with E-state index in [1.165, 1.54) is 5.56 Å². The van der Waals surface area contributed by atoms with E-state index >= 15 is 0 Å². The highest BCUT2D eigenvalue weighted by Crippen LogP contribution is 2.15. The SMILES string of the molecule is Cc1ccc(CNC(=O)CN2CCC(O)C(C)C2)cc1. The van der Waals surface area contributed by atoms with Gasteiger partial charge in [-0.05, 0) is 24.8 Å². The first-order valence-corrected chi connectivity index (χ1v) is 7.27. The second kappa shape index (κ2) is 6.86. The van der Waals surface area contributed by atoms with E-state index in [1.807, 2.05) is 26.0 Å². The highest BCUT2D eigenvalue weighted by atomic mass is 16.3. The predicted molar refractivity (Wildman–Crippen MR) is 79.3 cm³/mol. The van der Waals surface area contributed by atoms with Gasteiger partial charge in [0.2, 0.25) is 5.91 Å². The Morgan fingerprint density at radius 3 is 2.75 bits per heavy atom. The lowest BCUT2D eigenvalue weighted by Gasteiger charge is -2.33. The molecule has 0 bridgehead atoms. The molecule has 110 valence electrons. The quantitative estimate of drug-likeness (QED) is 0.872. The fourth-order valence-corrected chi connectivity index (χ4v) is 2.53. The summed E-state index contributed by atoms with van der Waals surface area (Å²) in [7, 11) is 0. The molecule has 2 atom stereocenters. The Bertz CT molecular complexity index is 444. The average Bonchev–Trinajstić information content (AvgIpc) is 2.42. The number of hydrogen-bond acceptors (Lipinski definition) is 3. The van der Waals surface area contributed by atoms with Crippen LogP contribution in [0.2, 0.25) is 0 Å². The number of benzene rings is 1. The van der Waals surface area contributed by atoms with Crippen molar-refractivity contribution in [1.29, 1.82) is 0 Å². The summed E-state index contributed by atoms with van der Waals surface area (Å²) in [6.45, 7) is 6.66. The van der Waals surface area contributed by atoms with Gasteiger partial charge in [-0.2, -0.15) is 0 Å². The summed E-state index contributed by atoms with van der Waals surface area (Å²) in [6.07, 6.45) is 0.536. The Morgan fingerprint density at radius 1 is 1.40 bits per heavy atom. The third-order valence-electron chi connectivity index (χ3n) is 3.92. The van der Waals surface area contributed by atoms with Gasteiger partial charge in [0.1, 0.15) is 0 Å². The molecule has 0 radical (unpaired) electrons. The Kier molecular flexibility index (Phi) is 5.15. The van der Waals surface area contributed by atoms with E-state index in [0.717, 1.165) is 25.1 Å². The summed E-state index contributed by atoms with van der Waals surface area (Å²) >= 11 is 0. The molecule has 0 aliphatic carbocycles. The molecule has 1 heterocycles. The maximum Gasteiger partial charge on any atom is 0.234 e. The molecule has 4 heteroatoms. The van der Waals surface area contributed by atoms with Crippen molar-refractivity contribution in [1.82, 2.24) is 10.2 Å². The molecule has 1 aromatic carbocycles. The van der Waals surface area contributed by atoms with E-state index in [9.17, 15) is 9.90 Å². The first kappa shape index (κ1) is 15.0. The molecule has 2 rings (SSSR count). The first-order valence-electron chi connectivity index (χ1n) is 7.27. The lowest BCUT2D eigenvalue weighted by Crippen LogP contribution is -2.46. The van der Waals surface area contributed by atoms with E-state index in [0.29, 0.717) is 13.1 Å². The lowest BCUT2D eigenvalue weighted by molar-refractivity contribution is -0.123. The number of nitrogens with zero attached hydrogens (tertiary/aromatic N) is 1. The van der Waals surface area contributed by atoms with Gasteiger partial charge >= 0.3 is 0 Å². The highest BCUT2D eigenvalue weighted by molar-refractivity contribution is 5.78. The zero-order valence-electron chi connectivity index (χ0n) is 12.3. The van der Waals surface area contributed by atoms with Gasteiger partial charge in [-0.25, -0.2) is 0 Å². The van der Waals surface area contributed by atoms with Gasteiger partial charge in [0.05, 0.1) is 12.6 Å². The second-order valence-corrected chi connectivity index (χ2v) is 5.83. The lowest BCUT2D eigenvalue weighted by atomic mass is 9.97. The van der Waals surface area contributed by atoms with Gasteiger partial charge in [-0.3, -0.25) is 9.69 Å². The van der Waals surface area contributed by atoms with Crippen molar-refractivity contribution in [3.8, 4) is 0 Å². The number of rotatable bonds is 4. The number of nitrogens with one attached hydrogen (secondary N) is 1. The number of aliphatic hydroxyl groups is 1. The maximum atomic E-state index is 11.9. The summed E-state index contributed by atoms with van der Waals surface area (Å²) in [5, 5.41) is 12.6. The minimum atomic E-state index is -0.220. The summed E-state index contributed by atoms with van der Waals surface area (Å²) in [4.78, 5) is 14.0. The predicted octanol–water partition coefficient (Wildman–Crippen LogP) is 1.31. The summed E-state index contributed by atoms with van der Waals surface area (Å²) < 4.78 is 0. The van der Waals surface area contributed by atoms with Gasteiger partial charge in [-0.15, -0.1) is 0 Å². The zero-order valence-corrected chi connectivity index (χ0v) is 12.3. The van der Waals surface area contributed by atoms with Crippen molar-refractivity contribution in [2.75, 3.05) is 19.6 Å². The number of aliphatic hydroxyl groups excluding tert-OH is 1. The van der Waals surface area contributed by atoms with Crippen LogP contribution in [0.15, 0.2) is 24.3 Å². The van der Waals surface area contributed by atoms with Crippen LogP contribution in [0.3, 0.4) is 0 Å². The Morgan fingerprint density at radius 2 is 2.10 bits per heavy atom. The van der Waals surface area contributed by atoms with Crippen LogP contribution in [0.4, 0.5) is 0 Å². The van der Waals surface area contributed by atoms with Gasteiger partial charge in [0.15, 0.2) is 0 Å². The van der Waals surface area contributed by atoms with Crippen molar-refractivity contribution < 1.29 is 9.90 Å². The van der Waals surface area contributed by atoms with Crippen molar-refractivity contribution in [3.05, 3.63) is 35.4 Å². The van der Waals surface area contributed by atoms with Gasteiger partial charge in [-0.1, -0.05) is 36.8 Å². The molecule has 1 aliphatic rings. The molecule has 0 aromatic heterocycles. The van der Waals surface area contributed by atoms with Crippen LogP contribution in [0, 0.1) is 12.8 Å². The first-order chi connectivity index (χ1) is 9.54. The summed E-state index contributed by atoms with van der Waals surface area (Å²) in [5.74, 6) is 0.294. The Balaban J connectivity index is 1.74. The Hall–Kier alpha value is -1.39. The molecule has 1 saturated heterocycles. The van der Waals surface area contributed by atoms with Gasteiger partial charge in [0, 0.05) is 19.6 Å². The van der Waals surface area contributed by atoms with E-state index in [1.54, 1.807) is 0 Å². The van der Waals surface area contributed by atoms with Crippen LogP contribution < -0.4 is 5.32 Å². The number of likely N-dealkylation sites (tertiary alicyclic amines) is 1. The van der Waals surface area contributed by atoms with Crippen LogP contribution in [0.25, 0.3) is 0 Å². The highest BCUT2D eigenvalue weighted by Gasteiger charge is 2.25. The molecule has 1 fully saturated rings. The van der Waals surface area contributed by atoms with E-state index in [-0.39, 0.29) is 17.9 Å². The summed E-state index contributed by atoms with van der Waals surface area (Å²) in [5.41, 5.74) is 2.34. The van der Waals surface area contributed by atoms with Crippen LogP contribution in [-0.2, 0) is 11.3 Å². The normalized spacial score (nSPS) is 23.6. The molecule has 0 spiro atoms. The molecule has 1 aliphatic heterocycles. The molecular formula is C16H24N2O2. The van der Waals surface area contributed by atoms with E-state index in [4.69, 9.17) is 0 Å². The fraction of sp³-hybridized carbons (Fsp3) is 0.562. The van der Waals surface area contributed by atoms with Gasteiger partial charge < -0.3 is 10.4 Å². The minimum Gasteiger partial charge on any atom is -0.393 e. The molecule has 4 nitrogen and oxygen atoms in total. The molecule has 2 N–H and O–H groups in total. The number of amides is 1. The minimum absolute atomic E-state index is 0.0502. The molecule has 20 heavy (non-hydrogen) atoms. The fourth-order valence-electron chi connectivity index (χ4n) is 2.53.